The number of esters is 1. The molecule has 4 heteroatoms. The highest BCUT2D eigenvalue weighted by molar-refractivity contribution is 8.00. The van der Waals surface area contributed by atoms with Crippen LogP contribution in [0.25, 0.3) is 0 Å². The lowest BCUT2D eigenvalue weighted by molar-refractivity contribution is -0.139. The lowest BCUT2D eigenvalue weighted by Crippen LogP contribution is -2.06. The normalized spacial score (nSPS) is 9.86. The Hall–Kier alpha value is -0.670. The van der Waals surface area contributed by atoms with Gasteiger partial charge in [-0.05, 0) is 25.1 Å². The van der Waals surface area contributed by atoms with Crippen molar-refractivity contribution < 1.29 is 9.53 Å². The molecule has 0 aliphatic carbocycles. The standard InChI is InChI=1S/C10H11ClO2S/c1-2-13-10(12)7-14-9-5-3-4-8(11)6-9/h3-6H,2,7H2,1H3. The molecule has 1 aromatic carbocycles. The average Bonchev–Trinajstić information content (AvgIpc) is 2.15. The third-order valence-electron chi connectivity index (χ3n) is 1.46. The molecule has 0 spiro atoms. The van der Waals surface area contributed by atoms with Gasteiger partial charge in [0.25, 0.3) is 0 Å². The van der Waals surface area contributed by atoms with Gasteiger partial charge < -0.3 is 4.74 Å². The Bertz CT molecular complexity index is 315. The maximum absolute atomic E-state index is 11.0. The predicted molar refractivity (Wildman–Crippen MR) is 58.8 cm³/mol. The van der Waals surface area contributed by atoms with E-state index in [0.29, 0.717) is 17.4 Å². The first kappa shape index (κ1) is 11.4. The minimum atomic E-state index is -0.197. The molecule has 0 radical (unpaired) electrons. The summed E-state index contributed by atoms with van der Waals surface area (Å²) in [5, 5.41) is 0.679. The topological polar surface area (TPSA) is 26.3 Å². The fourth-order valence-electron chi connectivity index (χ4n) is 0.902. The zero-order valence-corrected chi connectivity index (χ0v) is 9.40. The fraction of sp³-hybridized carbons (Fsp3) is 0.300. The minimum Gasteiger partial charge on any atom is -0.465 e. The third kappa shape index (κ3) is 4.03. The lowest BCUT2D eigenvalue weighted by atomic mass is 10.4. The molecular formula is C10H11ClO2S. The van der Waals surface area contributed by atoms with Crippen LogP contribution in [0.3, 0.4) is 0 Å². The minimum absolute atomic E-state index is 0.197. The first-order valence-corrected chi connectivity index (χ1v) is 5.62. The number of rotatable bonds is 4. The predicted octanol–water partition coefficient (Wildman–Crippen LogP) is 3.00. The highest BCUT2D eigenvalue weighted by atomic mass is 35.5. The van der Waals surface area contributed by atoms with Gasteiger partial charge in [-0.3, -0.25) is 4.79 Å². The van der Waals surface area contributed by atoms with Crippen molar-refractivity contribution >= 4 is 29.3 Å². The van der Waals surface area contributed by atoms with Crippen LogP contribution in [0.2, 0.25) is 5.02 Å². The number of carbonyl (C=O) groups excluding carboxylic acids is 1. The molecule has 76 valence electrons. The Morgan fingerprint density at radius 2 is 2.36 bits per heavy atom. The summed E-state index contributed by atoms with van der Waals surface area (Å²) in [4.78, 5) is 12.0. The monoisotopic (exact) mass is 230 g/mol. The van der Waals surface area contributed by atoms with Crippen molar-refractivity contribution in [2.75, 3.05) is 12.4 Å². The van der Waals surface area contributed by atoms with Crippen LogP contribution in [0.5, 0.6) is 0 Å². The highest BCUT2D eigenvalue weighted by Crippen LogP contribution is 2.21. The van der Waals surface area contributed by atoms with Crippen LogP contribution in [0.15, 0.2) is 29.2 Å². The van der Waals surface area contributed by atoms with Crippen molar-refractivity contribution in [3.05, 3.63) is 29.3 Å². The Balaban J connectivity index is 2.41. The van der Waals surface area contributed by atoms with Crippen LogP contribution in [-0.4, -0.2) is 18.3 Å². The summed E-state index contributed by atoms with van der Waals surface area (Å²) in [7, 11) is 0. The van der Waals surface area contributed by atoms with Crippen molar-refractivity contribution in [3.8, 4) is 0 Å². The summed E-state index contributed by atoms with van der Waals surface area (Å²) >= 11 is 7.22. The highest BCUT2D eigenvalue weighted by Gasteiger charge is 2.02. The van der Waals surface area contributed by atoms with Crippen LogP contribution >= 0.6 is 23.4 Å². The van der Waals surface area contributed by atoms with Gasteiger partial charge in [0, 0.05) is 9.92 Å². The van der Waals surface area contributed by atoms with E-state index in [2.05, 4.69) is 0 Å². The smallest absolute Gasteiger partial charge is 0.316 e. The van der Waals surface area contributed by atoms with Gasteiger partial charge in [0.15, 0.2) is 0 Å². The van der Waals surface area contributed by atoms with Gasteiger partial charge in [-0.15, -0.1) is 11.8 Å². The fourth-order valence-corrected chi connectivity index (χ4v) is 1.91. The lowest BCUT2D eigenvalue weighted by Gasteiger charge is -2.01. The van der Waals surface area contributed by atoms with E-state index in [0.717, 1.165) is 4.90 Å². The SMILES string of the molecule is CCOC(=O)CSc1cccc(Cl)c1. The van der Waals surface area contributed by atoms with E-state index in [1.807, 2.05) is 18.2 Å². The number of ether oxygens (including phenoxy) is 1. The van der Waals surface area contributed by atoms with Gasteiger partial charge >= 0.3 is 5.97 Å². The zero-order valence-electron chi connectivity index (χ0n) is 7.83. The molecule has 14 heavy (non-hydrogen) atoms. The molecule has 0 aliphatic rings. The van der Waals surface area contributed by atoms with E-state index in [9.17, 15) is 4.79 Å². The number of hydrogen-bond donors (Lipinski definition) is 0. The molecule has 0 bridgehead atoms. The summed E-state index contributed by atoms with van der Waals surface area (Å²) in [6.07, 6.45) is 0. The summed E-state index contributed by atoms with van der Waals surface area (Å²) in [5.74, 6) is 0.131. The maximum Gasteiger partial charge on any atom is 0.316 e. The summed E-state index contributed by atoms with van der Waals surface area (Å²) < 4.78 is 4.80. The van der Waals surface area contributed by atoms with Crippen LogP contribution in [-0.2, 0) is 9.53 Å². The molecular weight excluding hydrogens is 220 g/mol. The number of hydrogen-bond acceptors (Lipinski definition) is 3. The van der Waals surface area contributed by atoms with Crippen LogP contribution in [0.4, 0.5) is 0 Å². The Labute approximate surface area is 92.6 Å². The van der Waals surface area contributed by atoms with Gasteiger partial charge in [-0.25, -0.2) is 0 Å². The van der Waals surface area contributed by atoms with E-state index in [-0.39, 0.29) is 5.97 Å². The molecule has 0 unspecified atom stereocenters. The maximum atomic E-state index is 11.0. The summed E-state index contributed by atoms with van der Waals surface area (Å²) in [6.45, 7) is 2.22. The Morgan fingerprint density at radius 1 is 1.57 bits per heavy atom. The molecule has 2 nitrogen and oxygen atoms in total. The van der Waals surface area contributed by atoms with E-state index in [4.69, 9.17) is 16.3 Å². The first-order chi connectivity index (χ1) is 6.72. The molecule has 0 atom stereocenters. The van der Waals surface area contributed by atoms with Crippen molar-refractivity contribution in [1.29, 1.82) is 0 Å². The van der Waals surface area contributed by atoms with Gasteiger partial charge in [0.05, 0.1) is 12.4 Å². The van der Waals surface area contributed by atoms with Crippen molar-refractivity contribution in [2.45, 2.75) is 11.8 Å². The van der Waals surface area contributed by atoms with Crippen LogP contribution in [0, 0.1) is 0 Å². The molecule has 0 fully saturated rings. The van der Waals surface area contributed by atoms with Crippen LogP contribution < -0.4 is 0 Å². The molecule has 0 saturated heterocycles. The van der Waals surface area contributed by atoms with E-state index in [1.54, 1.807) is 13.0 Å². The number of thioether (sulfide) groups is 1. The van der Waals surface area contributed by atoms with E-state index < -0.39 is 0 Å². The Kier molecular flexibility index (Phi) is 4.84. The van der Waals surface area contributed by atoms with Gasteiger partial charge in [0.2, 0.25) is 0 Å². The zero-order chi connectivity index (χ0) is 10.4. The third-order valence-corrected chi connectivity index (χ3v) is 2.66. The molecule has 1 aromatic rings. The molecule has 0 aromatic heterocycles. The van der Waals surface area contributed by atoms with E-state index >= 15 is 0 Å². The second-order valence-electron chi connectivity index (χ2n) is 2.55. The Morgan fingerprint density at radius 3 is 3.00 bits per heavy atom. The van der Waals surface area contributed by atoms with Crippen LogP contribution in [0.1, 0.15) is 6.92 Å². The second-order valence-corrected chi connectivity index (χ2v) is 4.04. The van der Waals surface area contributed by atoms with Crippen molar-refractivity contribution in [2.24, 2.45) is 0 Å². The van der Waals surface area contributed by atoms with E-state index in [1.165, 1.54) is 11.8 Å². The number of benzene rings is 1. The molecule has 0 heterocycles. The van der Waals surface area contributed by atoms with Crippen molar-refractivity contribution in [3.63, 3.8) is 0 Å². The molecule has 0 aliphatic heterocycles. The van der Waals surface area contributed by atoms with Crippen molar-refractivity contribution in [1.82, 2.24) is 0 Å². The molecule has 0 amide bonds. The summed E-state index contributed by atoms with van der Waals surface area (Å²) in [5.41, 5.74) is 0. The summed E-state index contributed by atoms with van der Waals surface area (Å²) in [6, 6.07) is 7.40. The quantitative estimate of drug-likeness (QED) is 0.588. The van der Waals surface area contributed by atoms with Gasteiger partial charge in [-0.2, -0.15) is 0 Å². The second kappa shape index (κ2) is 5.94. The number of halogens is 1. The number of carbonyl (C=O) groups is 1. The largest absolute Gasteiger partial charge is 0.465 e. The molecule has 1 rings (SSSR count). The van der Waals surface area contributed by atoms with Gasteiger partial charge in [-0.1, -0.05) is 17.7 Å². The molecule has 0 saturated carbocycles. The molecule has 0 N–H and O–H groups in total. The average molecular weight is 231 g/mol. The van der Waals surface area contributed by atoms with Gasteiger partial charge in [0.1, 0.15) is 0 Å². The first-order valence-electron chi connectivity index (χ1n) is 4.26.